The van der Waals surface area contributed by atoms with Crippen LogP contribution in [-0.4, -0.2) is 18.1 Å². The fourth-order valence-corrected chi connectivity index (χ4v) is 2.66. The van der Waals surface area contributed by atoms with Gasteiger partial charge in [0.2, 0.25) is 0 Å². The quantitative estimate of drug-likeness (QED) is 0.889. The topological polar surface area (TPSA) is 57.4 Å². The van der Waals surface area contributed by atoms with Gasteiger partial charge in [-0.1, -0.05) is 0 Å². The fourth-order valence-electron chi connectivity index (χ4n) is 1.95. The number of aryl methyl sites for hydroxylation is 1. The molecule has 0 bridgehead atoms. The highest BCUT2D eigenvalue weighted by atomic mass is 32.1. The Hall–Kier alpha value is -1.59. The van der Waals surface area contributed by atoms with Gasteiger partial charge < -0.3 is 15.2 Å². The number of aromatic nitrogens is 1. The number of hydrogen-bond acceptors (Lipinski definition) is 5. The van der Waals surface area contributed by atoms with Crippen LogP contribution >= 0.6 is 11.3 Å². The molecule has 108 valence electrons. The molecule has 1 heterocycles. The summed E-state index contributed by atoms with van der Waals surface area (Å²) >= 11 is 1.65. The van der Waals surface area contributed by atoms with Crippen molar-refractivity contribution in [1.29, 1.82) is 0 Å². The molecule has 1 aromatic heterocycles. The maximum Gasteiger partial charge on any atom is 0.124 e. The number of methoxy groups -OCH3 is 1. The van der Waals surface area contributed by atoms with Gasteiger partial charge in [0.05, 0.1) is 17.0 Å². The minimum absolute atomic E-state index is 0.0788. The lowest BCUT2D eigenvalue weighted by Crippen LogP contribution is -2.18. The molecule has 2 aromatic rings. The van der Waals surface area contributed by atoms with Crippen molar-refractivity contribution in [1.82, 2.24) is 4.98 Å². The SMILES string of the molecule is COc1ccc(OCc2cnc(C)s2)c(CC(C)N)c1. The van der Waals surface area contributed by atoms with Crippen LogP contribution in [0.25, 0.3) is 0 Å². The van der Waals surface area contributed by atoms with Crippen molar-refractivity contribution in [3.05, 3.63) is 39.8 Å². The molecular formula is C15H20N2O2S. The summed E-state index contributed by atoms with van der Waals surface area (Å²) in [7, 11) is 1.66. The van der Waals surface area contributed by atoms with Gasteiger partial charge in [0, 0.05) is 12.2 Å². The second kappa shape index (κ2) is 6.72. The maximum absolute atomic E-state index is 5.90. The van der Waals surface area contributed by atoms with Crippen LogP contribution in [0.3, 0.4) is 0 Å². The minimum Gasteiger partial charge on any atom is -0.497 e. The van der Waals surface area contributed by atoms with E-state index in [-0.39, 0.29) is 6.04 Å². The number of hydrogen-bond donors (Lipinski definition) is 1. The summed E-state index contributed by atoms with van der Waals surface area (Å²) in [5, 5.41) is 1.05. The maximum atomic E-state index is 5.90. The van der Waals surface area contributed by atoms with Gasteiger partial charge in [0.15, 0.2) is 0 Å². The van der Waals surface area contributed by atoms with Crippen molar-refractivity contribution in [2.45, 2.75) is 32.9 Å². The summed E-state index contributed by atoms with van der Waals surface area (Å²) < 4.78 is 11.1. The molecule has 2 rings (SSSR count). The predicted octanol–water partition coefficient (Wildman–Crippen LogP) is 2.93. The Morgan fingerprint density at radius 2 is 2.20 bits per heavy atom. The van der Waals surface area contributed by atoms with Gasteiger partial charge in [-0.25, -0.2) is 4.98 Å². The highest BCUT2D eigenvalue weighted by Gasteiger charge is 2.09. The van der Waals surface area contributed by atoms with E-state index >= 15 is 0 Å². The van der Waals surface area contributed by atoms with Gasteiger partial charge in [0.1, 0.15) is 18.1 Å². The fraction of sp³-hybridized carbons (Fsp3) is 0.400. The molecule has 5 heteroatoms. The standard InChI is InChI=1S/C15H20N2O2S/c1-10(16)6-12-7-13(18-3)4-5-15(12)19-9-14-8-17-11(2)20-14/h4-5,7-8,10H,6,9,16H2,1-3H3. The summed E-state index contributed by atoms with van der Waals surface area (Å²) in [4.78, 5) is 5.34. The van der Waals surface area contributed by atoms with Crippen LogP contribution in [0.1, 0.15) is 22.4 Å². The van der Waals surface area contributed by atoms with E-state index < -0.39 is 0 Å². The van der Waals surface area contributed by atoms with Gasteiger partial charge in [-0.3, -0.25) is 0 Å². The van der Waals surface area contributed by atoms with Gasteiger partial charge >= 0.3 is 0 Å². The summed E-state index contributed by atoms with van der Waals surface area (Å²) in [6.07, 6.45) is 2.61. The molecule has 0 aliphatic carbocycles. The van der Waals surface area contributed by atoms with Crippen molar-refractivity contribution < 1.29 is 9.47 Å². The van der Waals surface area contributed by atoms with Gasteiger partial charge in [0.25, 0.3) is 0 Å². The first-order chi connectivity index (χ1) is 9.58. The Labute approximate surface area is 123 Å². The van der Waals surface area contributed by atoms with Crippen LogP contribution in [0.15, 0.2) is 24.4 Å². The number of thiazole rings is 1. The van der Waals surface area contributed by atoms with Gasteiger partial charge in [-0.2, -0.15) is 0 Å². The molecule has 20 heavy (non-hydrogen) atoms. The highest BCUT2D eigenvalue weighted by molar-refractivity contribution is 7.11. The number of benzene rings is 1. The first-order valence-corrected chi connectivity index (χ1v) is 7.36. The van der Waals surface area contributed by atoms with E-state index in [1.807, 2.05) is 38.2 Å². The van der Waals surface area contributed by atoms with E-state index in [1.165, 1.54) is 0 Å². The van der Waals surface area contributed by atoms with Crippen molar-refractivity contribution >= 4 is 11.3 Å². The number of nitrogens with two attached hydrogens (primary N) is 1. The first kappa shape index (κ1) is 14.8. The second-order valence-corrected chi connectivity index (χ2v) is 6.11. The molecule has 0 aliphatic heterocycles. The zero-order valence-corrected chi connectivity index (χ0v) is 12.9. The Kier molecular flexibility index (Phi) is 4.98. The molecule has 0 amide bonds. The van der Waals surface area contributed by atoms with Crippen LogP contribution in [0, 0.1) is 6.92 Å². The lowest BCUT2D eigenvalue weighted by molar-refractivity contribution is 0.304. The summed E-state index contributed by atoms with van der Waals surface area (Å²) in [6.45, 7) is 4.50. The Morgan fingerprint density at radius 1 is 1.40 bits per heavy atom. The number of ether oxygens (including phenoxy) is 2. The summed E-state index contributed by atoms with van der Waals surface area (Å²) in [5.74, 6) is 1.68. The average molecular weight is 292 g/mol. The third-order valence-corrected chi connectivity index (χ3v) is 3.73. The van der Waals surface area contributed by atoms with E-state index in [2.05, 4.69) is 4.98 Å². The van der Waals surface area contributed by atoms with Gasteiger partial charge in [-0.15, -0.1) is 11.3 Å². The van der Waals surface area contributed by atoms with E-state index in [0.29, 0.717) is 6.61 Å². The van der Waals surface area contributed by atoms with Crippen molar-refractivity contribution in [3.63, 3.8) is 0 Å². The lowest BCUT2D eigenvalue weighted by atomic mass is 10.1. The molecule has 0 radical (unpaired) electrons. The Bertz CT molecular complexity index is 567. The monoisotopic (exact) mass is 292 g/mol. The highest BCUT2D eigenvalue weighted by Crippen LogP contribution is 2.26. The molecule has 0 aliphatic rings. The van der Waals surface area contributed by atoms with Crippen LogP contribution in [0.5, 0.6) is 11.5 Å². The van der Waals surface area contributed by atoms with Crippen molar-refractivity contribution in [3.8, 4) is 11.5 Å². The molecule has 1 aromatic carbocycles. The third-order valence-electron chi connectivity index (χ3n) is 2.85. The molecule has 0 spiro atoms. The molecule has 1 atom stereocenters. The molecule has 0 saturated heterocycles. The van der Waals surface area contributed by atoms with E-state index in [1.54, 1.807) is 18.4 Å². The van der Waals surface area contributed by atoms with Crippen molar-refractivity contribution in [2.24, 2.45) is 5.73 Å². The zero-order chi connectivity index (χ0) is 14.5. The minimum atomic E-state index is 0.0788. The Morgan fingerprint density at radius 3 is 2.80 bits per heavy atom. The van der Waals surface area contributed by atoms with Crippen LogP contribution in [-0.2, 0) is 13.0 Å². The van der Waals surface area contributed by atoms with E-state index in [4.69, 9.17) is 15.2 Å². The Balaban J connectivity index is 2.12. The molecule has 2 N–H and O–H groups in total. The van der Waals surface area contributed by atoms with E-state index in [0.717, 1.165) is 33.4 Å². The lowest BCUT2D eigenvalue weighted by Gasteiger charge is -2.14. The van der Waals surface area contributed by atoms with Gasteiger partial charge in [-0.05, 0) is 44.0 Å². The average Bonchev–Trinajstić information content (AvgIpc) is 2.82. The predicted molar refractivity (Wildman–Crippen MR) is 81.5 cm³/mol. The van der Waals surface area contributed by atoms with Crippen LogP contribution in [0.2, 0.25) is 0 Å². The summed E-state index contributed by atoms with van der Waals surface area (Å²) in [5.41, 5.74) is 6.96. The van der Waals surface area contributed by atoms with E-state index in [9.17, 15) is 0 Å². The second-order valence-electron chi connectivity index (χ2n) is 4.79. The molecular weight excluding hydrogens is 272 g/mol. The van der Waals surface area contributed by atoms with Crippen LogP contribution < -0.4 is 15.2 Å². The number of rotatable bonds is 6. The third kappa shape index (κ3) is 3.95. The summed E-state index contributed by atoms with van der Waals surface area (Å²) in [6, 6.07) is 5.90. The first-order valence-electron chi connectivity index (χ1n) is 6.55. The zero-order valence-electron chi connectivity index (χ0n) is 12.1. The molecule has 4 nitrogen and oxygen atoms in total. The van der Waals surface area contributed by atoms with Crippen molar-refractivity contribution in [2.75, 3.05) is 7.11 Å². The number of nitrogens with zero attached hydrogens (tertiary/aromatic N) is 1. The largest absolute Gasteiger partial charge is 0.497 e. The molecule has 0 fully saturated rings. The molecule has 1 unspecified atom stereocenters. The molecule has 0 saturated carbocycles. The smallest absolute Gasteiger partial charge is 0.124 e. The normalized spacial score (nSPS) is 12.2. The van der Waals surface area contributed by atoms with Crippen LogP contribution in [0.4, 0.5) is 0 Å².